The summed E-state index contributed by atoms with van der Waals surface area (Å²) in [6.45, 7) is 9.16. The van der Waals surface area contributed by atoms with Crippen molar-refractivity contribution in [2.24, 2.45) is 0 Å². The van der Waals surface area contributed by atoms with E-state index in [2.05, 4.69) is 34.4 Å². The van der Waals surface area contributed by atoms with Crippen molar-refractivity contribution in [1.29, 1.82) is 0 Å². The van der Waals surface area contributed by atoms with E-state index in [1.807, 2.05) is 60.7 Å². The van der Waals surface area contributed by atoms with Gasteiger partial charge in [-0.2, -0.15) is 0 Å². The maximum Gasteiger partial charge on any atom is 0.134 e. The Balaban J connectivity index is 1.81. The monoisotopic (exact) mass is 340 g/mol. The van der Waals surface area contributed by atoms with Gasteiger partial charge in [-0.1, -0.05) is 36.4 Å². The van der Waals surface area contributed by atoms with E-state index < -0.39 is 0 Å². The van der Waals surface area contributed by atoms with Gasteiger partial charge < -0.3 is 9.13 Å². The molecule has 0 bridgehead atoms. The lowest BCUT2D eigenvalue weighted by Gasteiger charge is -2.04. The first kappa shape index (κ1) is 16.1. The van der Waals surface area contributed by atoms with Crippen molar-refractivity contribution >= 4 is 34.2 Å². The summed E-state index contributed by atoms with van der Waals surface area (Å²) >= 11 is 0. The molecule has 128 valence electrons. The van der Waals surface area contributed by atoms with E-state index in [4.69, 9.17) is 9.97 Å². The highest BCUT2D eigenvalue weighted by molar-refractivity contribution is 5.82. The molecule has 4 rings (SSSR count). The molecule has 0 unspecified atom stereocenters. The zero-order valence-corrected chi connectivity index (χ0v) is 14.5. The Labute approximate surface area is 152 Å². The highest BCUT2D eigenvalue weighted by atomic mass is 15.1. The Bertz CT molecular complexity index is 1040. The third-order valence-electron chi connectivity index (χ3n) is 4.37. The van der Waals surface area contributed by atoms with E-state index in [0.717, 1.165) is 33.7 Å². The van der Waals surface area contributed by atoms with Crippen molar-refractivity contribution in [1.82, 2.24) is 19.1 Å². The predicted octanol–water partition coefficient (Wildman–Crippen LogP) is 4.93. The van der Waals surface area contributed by atoms with E-state index in [0.29, 0.717) is 13.1 Å². The van der Waals surface area contributed by atoms with E-state index in [1.54, 1.807) is 0 Å². The lowest BCUT2D eigenvalue weighted by atomic mass is 10.3. The molecule has 2 heterocycles. The lowest BCUT2D eigenvalue weighted by Crippen LogP contribution is -1.99. The normalized spacial score (nSPS) is 11.5. The second kappa shape index (κ2) is 6.84. The molecule has 0 saturated carbocycles. The SMILES string of the molecule is C=CCn1c(C=Cc2nc3ccccc3n2CC=C)nc2ccccc21. The van der Waals surface area contributed by atoms with E-state index in [1.165, 1.54) is 0 Å². The number of imidazole rings is 2. The Hall–Kier alpha value is -3.40. The van der Waals surface area contributed by atoms with Gasteiger partial charge in [0.1, 0.15) is 11.6 Å². The van der Waals surface area contributed by atoms with Crippen molar-refractivity contribution in [3.05, 3.63) is 85.5 Å². The summed E-state index contributed by atoms with van der Waals surface area (Å²) in [5, 5.41) is 0. The second-order valence-corrected chi connectivity index (χ2v) is 6.05. The standard InChI is InChI=1S/C22H20N4/c1-3-15-25-19-11-7-5-9-17(19)23-21(25)13-14-22-24-18-10-6-8-12-20(18)26(22)16-4-2/h3-14H,1-2,15-16H2. The van der Waals surface area contributed by atoms with Gasteiger partial charge in [0.15, 0.2) is 0 Å². The smallest absolute Gasteiger partial charge is 0.134 e. The van der Waals surface area contributed by atoms with Crippen LogP contribution in [0.3, 0.4) is 0 Å². The van der Waals surface area contributed by atoms with Crippen LogP contribution in [-0.4, -0.2) is 19.1 Å². The summed E-state index contributed by atoms with van der Waals surface area (Å²) in [5.74, 6) is 1.78. The largest absolute Gasteiger partial charge is 0.321 e. The average molecular weight is 340 g/mol. The predicted molar refractivity (Wildman–Crippen MR) is 109 cm³/mol. The van der Waals surface area contributed by atoms with Crippen LogP contribution >= 0.6 is 0 Å². The van der Waals surface area contributed by atoms with E-state index in [-0.39, 0.29) is 0 Å². The summed E-state index contributed by atoms with van der Waals surface area (Å²) in [7, 11) is 0. The van der Waals surface area contributed by atoms with Gasteiger partial charge in [0.2, 0.25) is 0 Å². The van der Waals surface area contributed by atoms with Gasteiger partial charge in [0, 0.05) is 13.1 Å². The summed E-state index contributed by atoms with van der Waals surface area (Å²) in [4.78, 5) is 9.49. The Morgan fingerprint density at radius 3 is 1.54 bits per heavy atom. The van der Waals surface area contributed by atoms with Crippen molar-refractivity contribution in [2.45, 2.75) is 13.1 Å². The Kier molecular flexibility index (Phi) is 4.23. The molecule has 4 nitrogen and oxygen atoms in total. The molecular formula is C22H20N4. The summed E-state index contributed by atoms with van der Waals surface area (Å²) < 4.78 is 4.30. The number of fused-ring (bicyclic) bond motifs is 2. The van der Waals surface area contributed by atoms with Crippen molar-refractivity contribution in [3.8, 4) is 0 Å². The summed E-state index contributed by atoms with van der Waals surface area (Å²) in [5.41, 5.74) is 4.17. The number of nitrogens with zero attached hydrogens (tertiary/aromatic N) is 4. The number of hydrogen-bond acceptors (Lipinski definition) is 2. The molecule has 2 aromatic heterocycles. The van der Waals surface area contributed by atoms with Crippen LogP contribution in [0.1, 0.15) is 11.6 Å². The zero-order valence-electron chi connectivity index (χ0n) is 14.5. The van der Waals surface area contributed by atoms with E-state index >= 15 is 0 Å². The number of hydrogen-bond donors (Lipinski definition) is 0. The fraction of sp³-hybridized carbons (Fsp3) is 0.0909. The minimum atomic E-state index is 0.712. The summed E-state index contributed by atoms with van der Waals surface area (Å²) in [6.07, 6.45) is 7.81. The molecule has 0 amide bonds. The van der Waals surface area contributed by atoms with Crippen LogP contribution in [0.15, 0.2) is 73.8 Å². The van der Waals surface area contributed by atoms with Crippen LogP contribution in [0, 0.1) is 0 Å². The van der Waals surface area contributed by atoms with Gasteiger partial charge in [0.25, 0.3) is 0 Å². The molecule has 0 aliphatic heterocycles. The first-order valence-corrected chi connectivity index (χ1v) is 8.62. The molecule has 4 heteroatoms. The highest BCUT2D eigenvalue weighted by Gasteiger charge is 2.09. The van der Waals surface area contributed by atoms with Crippen molar-refractivity contribution in [2.75, 3.05) is 0 Å². The van der Waals surface area contributed by atoms with Crippen LogP contribution in [0.2, 0.25) is 0 Å². The van der Waals surface area contributed by atoms with Crippen LogP contribution < -0.4 is 0 Å². The number of rotatable bonds is 6. The van der Waals surface area contributed by atoms with Gasteiger partial charge in [-0.25, -0.2) is 9.97 Å². The number of allylic oxidation sites excluding steroid dienone is 2. The molecule has 26 heavy (non-hydrogen) atoms. The minimum Gasteiger partial charge on any atom is -0.321 e. The Morgan fingerprint density at radius 1 is 0.692 bits per heavy atom. The lowest BCUT2D eigenvalue weighted by molar-refractivity contribution is 0.833. The quantitative estimate of drug-likeness (QED) is 0.467. The molecule has 4 aromatic rings. The first-order chi connectivity index (χ1) is 12.8. The zero-order chi connectivity index (χ0) is 17.9. The molecule has 0 radical (unpaired) electrons. The maximum absolute atomic E-state index is 4.75. The van der Waals surface area contributed by atoms with Crippen molar-refractivity contribution in [3.63, 3.8) is 0 Å². The highest BCUT2D eigenvalue weighted by Crippen LogP contribution is 2.20. The molecule has 0 fully saturated rings. The van der Waals surface area contributed by atoms with Crippen LogP contribution in [-0.2, 0) is 13.1 Å². The summed E-state index contributed by atoms with van der Waals surface area (Å²) in [6, 6.07) is 16.3. The second-order valence-electron chi connectivity index (χ2n) is 6.05. The topological polar surface area (TPSA) is 35.6 Å². The molecule has 0 aliphatic rings. The number of para-hydroxylation sites is 4. The molecule has 0 saturated heterocycles. The van der Waals surface area contributed by atoms with Gasteiger partial charge in [-0.15, -0.1) is 13.2 Å². The third kappa shape index (κ3) is 2.75. The molecular weight excluding hydrogens is 320 g/mol. The fourth-order valence-electron chi connectivity index (χ4n) is 3.23. The van der Waals surface area contributed by atoms with Crippen LogP contribution in [0.25, 0.3) is 34.2 Å². The minimum absolute atomic E-state index is 0.712. The first-order valence-electron chi connectivity index (χ1n) is 8.62. The Morgan fingerprint density at radius 2 is 1.12 bits per heavy atom. The molecule has 0 spiro atoms. The fourth-order valence-corrected chi connectivity index (χ4v) is 3.23. The third-order valence-corrected chi connectivity index (χ3v) is 4.37. The van der Waals surface area contributed by atoms with E-state index in [9.17, 15) is 0 Å². The molecule has 0 N–H and O–H groups in total. The van der Waals surface area contributed by atoms with Gasteiger partial charge in [0.05, 0.1) is 22.1 Å². The van der Waals surface area contributed by atoms with Gasteiger partial charge in [-0.05, 0) is 36.4 Å². The van der Waals surface area contributed by atoms with Crippen LogP contribution in [0.4, 0.5) is 0 Å². The molecule has 2 aromatic carbocycles. The van der Waals surface area contributed by atoms with Crippen molar-refractivity contribution < 1.29 is 0 Å². The van der Waals surface area contributed by atoms with Gasteiger partial charge in [-0.3, -0.25) is 0 Å². The maximum atomic E-state index is 4.75. The van der Waals surface area contributed by atoms with Gasteiger partial charge >= 0.3 is 0 Å². The molecule has 0 aliphatic carbocycles. The molecule has 0 atom stereocenters. The number of aromatic nitrogens is 4. The number of benzene rings is 2. The average Bonchev–Trinajstić information content (AvgIpc) is 3.19. The van der Waals surface area contributed by atoms with Crippen LogP contribution in [0.5, 0.6) is 0 Å².